The van der Waals surface area contributed by atoms with Crippen LogP contribution in [0, 0.1) is 5.92 Å². The highest BCUT2D eigenvalue weighted by molar-refractivity contribution is 7.88. The third-order valence-corrected chi connectivity index (χ3v) is 7.74. The molecule has 2 aliphatic rings. The van der Waals surface area contributed by atoms with Crippen molar-refractivity contribution >= 4 is 26.8 Å². The molecular weight excluding hydrogens is 428 g/mol. The smallest absolute Gasteiger partial charge is 0.219 e. The lowest BCUT2D eigenvalue weighted by atomic mass is 9.82. The summed E-state index contributed by atoms with van der Waals surface area (Å²) in [6.45, 7) is 3.13. The fraction of sp³-hybridized carbons (Fsp3) is 0.652. The van der Waals surface area contributed by atoms with Crippen LogP contribution in [0.15, 0.2) is 24.4 Å². The number of sulfonamides is 1. The van der Waals surface area contributed by atoms with E-state index >= 15 is 0 Å². The fourth-order valence-electron chi connectivity index (χ4n) is 5.18. The number of nitrogens with one attached hydrogen (secondary N) is 1. The van der Waals surface area contributed by atoms with Gasteiger partial charge >= 0.3 is 0 Å². The number of ether oxygens (including phenoxy) is 1. The Morgan fingerprint density at radius 1 is 1.22 bits per heavy atom. The number of carbonyl (C=O) groups is 1. The summed E-state index contributed by atoms with van der Waals surface area (Å²) >= 11 is 0. The topological polar surface area (TPSA) is 93.5 Å². The molecule has 1 aliphatic carbocycles. The number of carbonyl (C=O) groups excluding carboxylic acids is 1. The molecule has 1 aromatic carbocycles. The highest BCUT2D eigenvalue weighted by Crippen LogP contribution is 2.35. The van der Waals surface area contributed by atoms with Gasteiger partial charge < -0.3 is 9.64 Å². The van der Waals surface area contributed by atoms with Crippen LogP contribution in [-0.4, -0.2) is 67.1 Å². The first-order valence-electron chi connectivity index (χ1n) is 11.5. The fourth-order valence-corrected chi connectivity index (χ4v) is 6.04. The SMILES string of the molecule is CC(=O)N1CC[C@H](NS(C)(=O)=O)[C@H](COC2CCC(c3ccc4c(cnn4C)c3)CC2)C1. The summed E-state index contributed by atoms with van der Waals surface area (Å²) in [6.07, 6.45) is 8.03. The zero-order valence-electron chi connectivity index (χ0n) is 19.2. The molecule has 9 heteroatoms. The Morgan fingerprint density at radius 3 is 2.66 bits per heavy atom. The van der Waals surface area contributed by atoms with Gasteiger partial charge in [0.1, 0.15) is 0 Å². The predicted octanol–water partition coefficient (Wildman–Crippen LogP) is 2.40. The molecule has 2 heterocycles. The second kappa shape index (κ2) is 9.49. The van der Waals surface area contributed by atoms with Crippen LogP contribution in [0.25, 0.3) is 10.9 Å². The first kappa shape index (κ1) is 23.2. The Balaban J connectivity index is 1.32. The van der Waals surface area contributed by atoms with Gasteiger partial charge in [-0.15, -0.1) is 0 Å². The van der Waals surface area contributed by atoms with Crippen molar-refractivity contribution in [2.45, 2.75) is 57.1 Å². The number of fused-ring (bicyclic) bond motifs is 1. The van der Waals surface area contributed by atoms with Crippen LogP contribution in [0.1, 0.15) is 50.5 Å². The van der Waals surface area contributed by atoms with Gasteiger partial charge in [0.15, 0.2) is 0 Å². The van der Waals surface area contributed by atoms with Gasteiger partial charge in [-0.25, -0.2) is 13.1 Å². The molecule has 2 aromatic rings. The minimum atomic E-state index is -3.30. The third kappa shape index (κ3) is 5.50. The first-order chi connectivity index (χ1) is 15.2. The van der Waals surface area contributed by atoms with E-state index in [0.717, 1.165) is 31.2 Å². The Labute approximate surface area is 190 Å². The molecule has 1 saturated carbocycles. The van der Waals surface area contributed by atoms with Crippen molar-refractivity contribution < 1.29 is 17.9 Å². The molecule has 2 fully saturated rings. The van der Waals surface area contributed by atoms with Gasteiger partial charge in [-0.1, -0.05) is 6.07 Å². The highest BCUT2D eigenvalue weighted by atomic mass is 32.2. The Bertz CT molecular complexity index is 1060. The molecule has 0 unspecified atom stereocenters. The number of amides is 1. The molecule has 0 bridgehead atoms. The molecule has 32 heavy (non-hydrogen) atoms. The summed E-state index contributed by atoms with van der Waals surface area (Å²) in [5.74, 6) is 0.522. The van der Waals surface area contributed by atoms with Crippen LogP contribution < -0.4 is 4.72 Å². The predicted molar refractivity (Wildman–Crippen MR) is 124 cm³/mol. The van der Waals surface area contributed by atoms with E-state index in [1.807, 2.05) is 17.9 Å². The number of hydrogen-bond acceptors (Lipinski definition) is 5. The maximum absolute atomic E-state index is 11.8. The molecule has 176 valence electrons. The second-order valence-electron chi connectivity index (χ2n) is 9.40. The summed E-state index contributed by atoms with van der Waals surface area (Å²) < 4.78 is 34.5. The van der Waals surface area contributed by atoms with Crippen molar-refractivity contribution in [2.75, 3.05) is 26.0 Å². The summed E-state index contributed by atoms with van der Waals surface area (Å²) in [5.41, 5.74) is 2.51. The van der Waals surface area contributed by atoms with Crippen molar-refractivity contribution in [1.82, 2.24) is 19.4 Å². The van der Waals surface area contributed by atoms with E-state index in [4.69, 9.17) is 4.74 Å². The van der Waals surface area contributed by atoms with Gasteiger partial charge in [-0.3, -0.25) is 9.48 Å². The zero-order valence-corrected chi connectivity index (χ0v) is 20.0. The molecule has 8 nitrogen and oxygen atoms in total. The number of likely N-dealkylation sites (tertiary alicyclic amines) is 1. The minimum Gasteiger partial charge on any atom is -0.378 e. The van der Waals surface area contributed by atoms with Gasteiger partial charge in [0.2, 0.25) is 15.9 Å². The summed E-state index contributed by atoms with van der Waals surface area (Å²) in [4.78, 5) is 13.6. The lowest BCUT2D eigenvalue weighted by molar-refractivity contribution is -0.131. The van der Waals surface area contributed by atoms with E-state index in [2.05, 4.69) is 28.0 Å². The lowest BCUT2D eigenvalue weighted by Crippen LogP contribution is -2.53. The van der Waals surface area contributed by atoms with Crippen molar-refractivity contribution in [2.24, 2.45) is 13.0 Å². The quantitative estimate of drug-likeness (QED) is 0.712. The minimum absolute atomic E-state index is 0.0268. The molecule has 1 amide bonds. The van der Waals surface area contributed by atoms with Crippen LogP contribution in [0.2, 0.25) is 0 Å². The molecule has 1 aromatic heterocycles. The van der Waals surface area contributed by atoms with Gasteiger partial charge in [-0.2, -0.15) is 5.10 Å². The van der Waals surface area contributed by atoms with Gasteiger partial charge in [0.05, 0.1) is 30.7 Å². The van der Waals surface area contributed by atoms with Crippen LogP contribution in [0.5, 0.6) is 0 Å². The van der Waals surface area contributed by atoms with E-state index in [1.165, 1.54) is 17.2 Å². The van der Waals surface area contributed by atoms with Gasteiger partial charge in [0, 0.05) is 44.4 Å². The van der Waals surface area contributed by atoms with Crippen LogP contribution in [0.3, 0.4) is 0 Å². The van der Waals surface area contributed by atoms with Gasteiger partial charge in [0.25, 0.3) is 0 Å². The van der Waals surface area contributed by atoms with E-state index in [9.17, 15) is 13.2 Å². The van der Waals surface area contributed by atoms with Crippen LogP contribution in [0.4, 0.5) is 0 Å². The Morgan fingerprint density at radius 2 is 1.97 bits per heavy atom. The molecule has 0 radical (unpaired) electrons. The van der Waals surface area contributed by atoms with Crippen molar-refractivity contribution in [3.05, 3.63) is 30.0 Å². The monoisotopic (exact) mass is 462 g/mol. The summed E-state index contributed by atoms with van der Waals surface area (Å²) in [7, 11) is -1.34. The lowest BCUT2D eigenvalue weighted by Gasteiger charge is -2.39. The first-order valence-corrected chi connectivity index (χ1v) is 13.3. The standard InChI is InChI=1S/C23H34N4O4S/c1-16(28)27-11-10-22(25-32(3,29)30)20(14-27)15-31-21-7-4-17(5-8-21)18-6-9-23-19(12-18)13-24-26(23)2/h6,9,12-13,17,20-22,25H,4-5,7-8,10-11,14-15H2,1-3H3/t17?,20-,21?,22-/m0/s1. The third-order valence-electron chi connectivity index (χ3n) is 7.01. The van der Waals surface area contributed by atoms with E-state index in [0.29, 0.717) is 32.0 Å². The normalized spacial score (nSPS) is 27.0. The van der Waals surface area contributed by atoms with E-state index in [1.54, 1.807) is 11.8 Å². The Hall–Kier alpha value is -1.97. The number of aromatic nitrogens is 2. The molecule has 2 atom stereocenters. The molecular formula is C23H34N4O4S. The number of nitrogens with zero attached hydrogens (tertiary/aromatic N) is 3. The van der Waals surface area contributed by atoms with Crippen LogP contribution in [-0.2, 0) is 26.6 Å². The zero-order chi connectivity index (χ0) is 22.9. The summed E-state index contributed by atoms with van der Waals surface area (Å²) in [6, 6.07) is 6.44. The number of piperidine rings is 1. The Kier molecular flexibility index (Phi) is 6.88. The average Bonchev–Trinajstić information content (AvgIpc) is 3.12. The van der Waals surface area contributed by atoms with Gasteiger partial charge in [-0.05, 0) is 55.7 Å². The average molecular weight is 463 g/mol. The highest BCUT2D eigenvalue weighted by Gasteiger charge is 2.33. The van der Waals surface area contributed by atoms with Crippen molar-refractivity contribution in [3.63, 3.8) is 0 Å². The largest absolute Gasteiger partial charge is 0.378 e. The summed E-state index contributed by atoms with van der Waals surface area (Å²) in [5, 5.41) is 5.52. The van der Waals surface area contributed by atoms with Crippen molar-refractivity contribution in [3.8, 4) is 0 Å². The second-order valence-corrected chi connectivity index (χ2v) is 11.2. The number of aryl methyl sites for hydroxylation is 1. The maximum atomic E-state index is 11.8. The van der Waals surface area contributed by atoms with E-state index < -0.39 is 10.0 Å². The molecule has 1 saturated heterocycles. The van der Waals surface area contributed by atoms with Crippen LogP contribution >= 0.6 is 0 Å². The number of hydrogen-bond donors (Lipinski definition) is 1. The molecule has 4 rings (SSSR count). The maximum Gasteiger partial charge on any atom is 0.219 e. The molecule has 0 spiro atoms. The number of rotatable bonds is 6. The molecule has 1 N–H and O–H groups in total. The molecule has 1 aliphatic heterocycles. The number of benzene rings is 1. The van der Waals surface area contributed by atoms with Crippen molar-refractivity contribution in [1.29, 1.82) is 0 Å². The van der Waals surface area contributed by atoms with E-state index in [-0.39, 0.29) is 24.0 Å².